The van der Waals surface area contributed by atoms with Crippen LogP contribution in [0.2, 0.25) is 0 Å². The normalized spacial score (nSPS) is 14.3. The molecule has 0 aliphatic carbocycles. The molecule has 1 rings (SSSR count). The molecule has 0 radical (unpaired) electrons. The minimum absolute atomic E-state index is 0.371. The van der Waals surface area contributed by atoms with E-state index in [1.165, 1.54) is 12.0 Å². The summed E-state index contributed by atoms with van der Waals surface area (Å²) in [5, 5.41) is 3.58. The average Bonchev–Trinajstić information content (AvgIpc) is 2.47. The predicted molar refractivity (Wildman–Crippen MR) is 86.4 cm³/mol. The molecular formula is C17H30N2O. The minimum atomic E-state index is 0.371. The molecule has 114 valence electrons. The van der Waals surface area contributed by atoms with Gasteiger partial charge < -0.3 is 15.0 Å². The van der Waals surface area contributed by atoms with Crippen LogP contribution in [0.15, 0.2) is 24.3 Å². The first-order valence-electron chi connectivity index (χ1n) is 7.74. The molecule has 0 amide bonds. The van der Waals surface area contributed by atoms with E-state index >= 15 is 0 Å². The Morgan fingerprint density at radius 2 is 1.80 bits per heavy atom. The molecule has 3 heteroatoms. The lowest BCUT2D eigenvalue weighted by molar-refractivity contribution is 0.249. The summed E-state index contributed by atoms with van der Waals surface area (Å²) in [5.74, 6) is 0.944. The Balaban J connectivity index is 2.37. The maximum Gasteiger partial charge on any atom is 0.119 e. The SMILES string of the molecule is CCOc1ccc(C(C)NCCN(C)C(C)CC)cc1. The van der Waals surface area contributed by atoms with E-state index in [4.69, 9.17) is 4.74 Å². The summed E-state index contributed by atoms with van der Waals surface area (Å²) < 4.78 is 5.46. The molecule has 0 heterocycles. The maximum absolute atomic E-state index is 5.46. The van der Waals surface area contributed by atoms with E-state index in [0.29, 0.717) is 12.1 Å². The zero-order valence-corrected chi connectivity index (χ0v) is 13.6. The van der Waals surface area contributed by atoms with Gasteiger partial charge in [0.2, 0.25) is 0 Å². The number of nitrogens with one attached hydrogen (secondary N) is 1. The first kappa shape index (κ1) is 17.0. The highest BCUT2D eigenvalue weighted by molar-refractivity contribution is 5.28. The summed E-state index contributed by atoms with van der Waals surface area (Å²) in [6, 6.07) is 9.39. The van der Waals surface area contributed by atoms with Gasteiger partial charge in [-0.05, 0) is 51.9 Å². The van der Waals surface area contributed by atoms with Crippen molar-refractivity contribution in [1.82, 2.24) is 10.2 Å². The molecular weight excluding hydrogens is 248 g/mol. The van der Waals surface area contributed by atoms with Crippen LogP contribution < -0.4 is 10.1 Å². The van der Waals surface area contributed by atoms with Crippen molar-refractivity contribution in [1.29, 1.82) is 0 Å². The second kappa shape index (κ2) is 8.98. The summed E-state index contributed by atoms with van der Waals surface area (Å²) >= 11 is 0. The fraction of sp³-hybridized carbons (Fsp3) is 0.647. The van der Waals surface area contributed by atoms with Crippen molar-refractivity contribution in [2.24, 2.45) is 0 Å². The Kier molecular flexibility index (Phi) is 7.63. The summed E-state index contributed by atoms with van der Waals surface area (Å²) in [6.45, 7) is 11.5. The first-order valence-corrected chi connectivity index (χ1v) is 7.74. The summed E-state index contributed by atoms with van der Waals surface area (Å²) in [7, 11) is 2.19. The number of hydrogen-bond donors (Lipinski definition) is 1. The number of ether oxygens (including phenoxy) is 1. The van der Waals surface area contributed by atoms with Gasteiger partial charge in [-0.1, -0.05) is 19.1 Å². The Morgan fingerprint density at radius 1 is 1.15 bits per heavy atom. The smallest absolute Gasteiger partial charge is 0.119 e. The zero-order valence-electron chi connectivity index (χ0n) is 13.6. The molecule has 1 aromatic rings. The highest BCUT2D eigenvalue weighted by Crippen LogP contribution is 2.17. The van der Waals surface area contributed by atoms with Gasteiger partial charge in [-0.15, -0.1) is 0 Å². The van der Waals surface area contributed by atoms with Gasteiger partial charge in [0.05, 0.1) is 6.61 Å². The molecule has 0 aromatic heterocycles. The van der Waals surface area contributed by atoms with Crippen LogP contribution in [0.3, 0.4) is 0 Å². The molecule has 0 spiro atoms. The van der Waals surface area contributed by atoms with Crippen LogP contribution in [0.25, 0.3) is 0 Å². The van der Waals surface area contributed by atoms with Gasteiger partial charge >= 0.3 is 0 Å². The van der Waals surface area contributed by atoms with Crippen LogP contribution in [0.1, 0.15) is 45.7 Å². The first-order chi connectivity index (χ1) is 9.58. The summed E-state index contributed by atoms with van der Waals surface area (Å²) in [5.41, 5.74) is 1.31. The molecule has 0 fully saturated rings. The van der Waals surface area contributed by atoms with Crippen molar-refractivity contribution in [3.8, 4) is 5.75 Å². The van der Waals surface area contributed by atoms with E-state index in [1.807, 2.05) is 19.1 Å². The number of nitrogens with zero attached hydrogens (tertiary/aromatic N) is 1. The van der Waals surface area contributed by atoms with E-state index in [2.05, 4.69) is 50.2 Å². The van der Waals surface area contributed by atoms with Crippen molar-refractivity contribution >= 4 is 0 Å². The molecule has 0 bridgehead atoms. The van der Waals surface area contributed by atoms with Crippen LogP contribution in [0.5, 0.6) is 5.75 Å². The van der Waals surface area contributed by atoms with Crippen molar-refractivity contribution in [3.63, 3.8) is 0 Å². The van der Waals surface area contributed by atoms with Crippen molar-refractivity contribution in [2.45, 2.75) is 46.2 Å². The monoisotopic (exact) mass is 278 g/mol. The number of benzene rings is 1. The van der Waals surface area contributed by atoms with Gasteiger partial charge in [-0.25, -0.2) is 0 Å². The molecule has 2 unspecified atom stereocenters. The molecule has 0 aliphatic heterocycles. The standard InChI is InChI=1S/C17H30N2O/c1-6-14(3)19(5)13-12-18-15(4)16-8-10-17(11-9-16)20-7-2/h8-11,14-15,18H,6-7,12-13H2,1-5H3. The zero-order chi connectivity index (χ0) is 15.0. The highest BCUT2D eigenvalue weighted by Gasteiger charge is 2.08. The Morgan fingerprint density at radius 3 is 2.35 bits per heavy atom. The second-order valence-corrected chi connectivity index (χ2v) is 5.42. The molecule has 3 nitrogen and oxygen atoms in total. The second-order valence-electron chi connectivity index (χ2n) is 5.42. The van der Waals surface area contributed by atoms with Crippen molar-refractivity contribution in [3.05, 3.63) is 29.8 Å². The van der Waals surface area contributed by atoms with Crippen LogP contribution >= 0.6 is 0 Å². The van der Waals surface area contributed by atoms with Crippen LogP contribution in [0.4, 0.5) is 0 Å². The third-order valence-electron chi connectivity index (χ3n) is 3.95. The summed E-state index contributed by atoms with van der Waals surface area (Å²) in [6.07, 6.45) is 1.20. The van der Waals surface area contributed by atoms with Crippen molar-refractivity contribution in [2.75, 3.05) is 26.7 Å². The highest BCUT2D eigenvalue weighted by atomic mass is 16.5. The number of rotatable bonds is 9. The van der Waals surface area contributed by atoms with Gasteiger partial charge in [-0.3, -0.25) is 0 Å². The lowest BCUT2D eigenvalue weighted by atomic mass is 10.1. The van der Waals surface area contributed by atoms with Gasteiger partial charge in [0.15, 0.2) is 0 Å². The molecule has 2 atom stereocenters. The average molecular weight is 278 g/mol. The third kappa shape index (κ3) is 5.51. The van der Waals surface area contributed by atoms with E-state index < -0.39 is 0 Å². The Labute approximate surface area is 124 Å². The molecule has 1 aromatic carbocycles. The third-order valence-corrected chi connectivity index (χ3v) is 3.95. The van der Waals surface area contributed by atoms with E-state index in [0.717, 1.165) is 25.4 Å². The van der Waals surface area contributed by atoms with Gasteiger partial charge in [0, 0.05) is 25.2 Å². The molecule has 1 N–H and O–H groups in total. The fourth-order valence-corrected chi connectivity index (χ4v) is 2.13. The molecule has 20 heavy (non-hydrogen) atoms. The minimum Gasteiger partial charge on any atom is -0.494 e. The van der Waals surface area contributed by atoms with Crippen LogP contribution in [0, 0.1) is 0 Å². The lowest BCUT2D eigenvalue weighted by Crippen LogP contribution is -2.35. The Bertz CT molecular complexity index is 364. The quantitative estimate of drug-likeness (QED) is 0.748. The van der Waals surface area contributed by atoms with Gasteiger partial charge in [-0.2, -0.15) is 0 Å². The molecule has 0 aliphatic rings. The maximum atomic E-state index is 5.46. The van der Waals surface area contributed by atoms with E-state index in [-0.39, 0.29) is 0 Å². The topological polar surface area (TPSA) is 24.5 Å². The molecule has 0 saturated carbocycles. The van der Waals surface area contributed by atoms with Crippen LogP contribution in [-0.2, 0) is 0 Å². The summed E-state index contributed by atoms with van der Waals surface area (Å²) in [4.78, 5) is 2.40. The lowest BCUT2D eigenvalue weighted by Gasteiger charge is -2.24. The fourth-order valence-electron chi connectivity index (χ4n) is 2.13. The van der Waals surface area contributed by atoms with Crippen LogP contribution in [-0.4, -0.2) is 37.7 Å². The van der Waals surface area contributed by atoms with E-state index in [9.17, 15) is 0 Å². The van der Waals surface area contributed by atoms with E-state index in [1.54, 1.807) is 0 Å². The van der Waals surface area contributed by atoms with Gasteiger partial charge in [0.25, 0.3) is 0 Å². The Hall–Kier alpha value is -1.06. The number of hydrogen-bond acceptors (Lipinski definition) is 3. The van der Waals surface area contributed by atoms with Crippen molar-refractivity contribution < 1.29 is 4.74 Å². The van der Waals surface area contributed by atoms with Gasteiger partial charge in [0.1, 0.15) is 5.75 Å². The largest absolute Gasteiger partial charge is 0.494 e. The predicted octanol–water partition coefficient (Wildman–Crippen LogP) is 3.47. The number of likely N-dealkylation sites (N-methyl/N-ethyl adjacent to an activating group) is 1. The molecule has 0 saturated heterocycles.